The minimum atomic E-state index is -1.49. The number of hydrogen-bond donors (Lipinski definition) is 3. The van der Waals surface area contributed by atoms with Crippen molar-refractivity contribution in [1.29, 1.82) is 0 Å². The van der Waals surface area contributed by atoms with E-state index >= 15 is 0 Å². The Hall–Kier alpha value is -0.770. The third-order valence-corrected chi connectivity index (χ3v) is 1.66. The second kappa shape index (κ2) is 3.09. The zero-order chi connectivity index (χ0) is 8.43. The third kappa shape index (κ3) is 1.83. The van der Waals surface area contributed by atoms with Crippen LogP contribution in [0, 0.1) is 0 Å². The summed E-state index contributed by atoms with van der Waals surface area (Å²) in [6.45, 7) is 0. The summed E-state index contributed by atoms with van der Waals surface area (Å²) in [5, 5.41) is 17.8. The predicted molar refractivity (Wildman–Crippen MR) is 43.0 cm³/mol. The van der Waals surface area contributed by atoms with Crippen LogP contribution < -0.4 is 5.73 Å². The Bertz CT molecular complexity index is 263. The highest BCUT2D eigenvalue weighted by Gasteiger charge is 2.03. The molecule has 0 radical (unpaired) electrons. The number of halogens is 1. The molecule has 0 unspecified atom stereocenters. The highest BCUT2D eigenvalue weighted by atomic mass is 35.5. The Kier molecular flexibility index (Phi) is 2.34. The van der Waals surface area contributed by atoms with Gasteiger partial charge in [-0.2, -0.15) is 0 Å². The average Bonchev–Trinajstić information content (AvgIpc) is 1.94. The monoisotopic (exact) mass is 173 g/mol. The van der Waals surface area contributed by atoms with E-state index in [-0.39, 0.29) is 0 Å². The summed E-state index contributed by atoms with van der Waals surface area (Å²) in [5.41, 5.74) is 6.09. The molecule has 0 amide bonds. The molecule has 0 bridgehead atoms. The summed E-state index contributed by atoms with van der Waals surface area (Å²) >= 11 is 5.60. The normalized spacial score (nSPS) is 10.5. The first-order chi connectivity index (χ1) is 5.11. The summed E-state index contributed by atoms with van der Waals surface area (Å²) in [6.07, 6.45) is -1.49. The number of aliphatic hydroxyl groups is 2. The molecule has 1 aromatic rings. The van der Waals surface area contributed by atoms with Crippen LogP contribution in [0.1, 0.15) is 11.9 Å². The molecule has 4 heteroatoms. The molecule has 3 nitrogen and oxygen atoms in total. The first-order valence-electron chi connectivity index (χ1n) is 3.02. The fourth-order valence-electron chi connectivity index (χ4n) is 0.723. The van der Waals surface area contributed by atoms with Crippen LogP contribution in [-0.4, -0.2) is 10.2 Å². The van der Waals surface area contributed by atoms with Crippen molar-refractivity contribution in [3.8, 4) is 0 Å². The molecule has 0 aromatic heterocycles. The molecule has 4 N–H and O–H groups in total. The Labute approximate surface area is 69.0 Å². The first-order valence-corrected chi connectivity index (χ1v) is 3.40. The molecule has 60 valence electrons. The number of hydrogen-bond acceptors (Lipinski definition) is 3. The van der Waals surface area contributed by atoms with E-state index in [2.05, 4.69) is 0 Å². The van der Waals surface area contributed by atoms with E-state index in [1.165, 1.54) is 18.2 Å². The first kappa shape index (κ1) is 8.33. The smallest absolute Gasteiger partial charge is 0.178 e. The van der Waals surface area contributed by atoms with Crippen molar-refractivity contribution < 1.29 is 10.2 Å². The van der Waals surface area contributed by atoms with Crippen molar-refractivity contribution >= 4 is 17.3 Å². The van der Waals surface area contributed by atoms with Crippen LogP contribution in [-0.2, 0) is 0 Å². The van der Waals surface area contributed by atoms with Gasteiger partial charge in [0.25, 0.3) is 0 Å². The van der Waals surface area contributed by atoms with Gasteiger partial charge >= 0.3 is 0 Å². The molecule has 0 saturated carbocycles. The zero-order valence-corrected chi connectivity index (χ0v) is 6.42. The molecule has 0 aliphatic rings. The average molecular weight is 174 g/mol. The largest absolute Gasteiger partial charge is 0.398 e. The number of nitrogen functional groups attached to an aromatic ring is 1. The maximum atomic E-state index is 8.70. The minimum absolute atomic E-state index is 0.340. The molecule has 0 atom stereocenters. The van der Waals surface area contributed by atoms with E-state index in [9.17, 15) is 0 Å². The lowest BCUT2D eigenvalue weighted by Gasteiger charge is -2.04. The molecule has 0 heterocycles. The van der Waals surface area contributed by atoms with E-state index in [4.69, 9.17) is 27.5 Å². The summed E-state index contributed by atoms with van der Waals surface area (Å²) in [7, 11) is 0. The van der Waals surface area contributed by atoms with Crippen molar-refractivity contribution in [3.63, 3.8) is 0 Å². The van der Waals surface area contributed by atoms with Gasteiger partial charge in [0, 0.05) is 5.56 Å². The lowest BCUT2D eigenvalue weighted by atomic mass is 10.2. The Morgan fingerprint density at radius 1 is 1.36 bits per heavy atom. The van der Waals surface area contributed by atoms with E-state index in [0.29, 0.717) is 16.3 Å². The SMILES string of the molecule is Nc1cc(C(O)O)ccc1Cl. The second-order valence-corrected chi connectivity index (χ2v) is 2.56. The van der Waals surface area contributed by atoms with Crippen LogP contribution in [0.4, 0.5) is 5.69 Å². The van der Waals surface area contributed by atoms with Crippen LogP contribution in [0.3, 0.4) is 0 Å². The molecular formula is C7H8ClNO2. The van der Waals surface area contributed by atoms with E-state index in [1.54, 1.807) is 0 Å². The van der Waals surface area contributed by atoms with Crippen molar-refractivity contribution in [3.05, 3.63) is 28.8 Å². The molecule has 0 fully saturated rings. The highest BCUT2D eigenvalue weighted by Crippen LogP contribution is 2.21. The minimum Gasteiger partial charge on any atom is -0.398 e. The van der Waals surface area contributed by atoms with Gasteiger partial charge in [-0.3, -0.25) is 0 Å². The van der Waals surface area contributed by atoms with E-state index in [0.717, 1.165) is 0 Å². The molecular weight excluding hydrogens is 166 g/mol. The Morgan fingerprint density at radius 2 is 2.00 bits per heavy atom. The van der Waals surface area contributed by atoms with Crippen molar-refractivity contribution in [2.75, 3.05) is 5.73 Å². The van der Waals surface area contributed by atoms with Crippen LogP contribution in [0.25, 0.3) is 0 Å². The van der Waals surface area contributed by atoms with E-state index in [1.807, 2.05) is 0 Å². The van der Waals surface area contributed by atoms with Crippen molar-refractivity contribution in [2.24, 2.45) is 0 Å². The molecule has 0 aliphatic heterocycles. The topological polar surface area (TPSA) is 66.5 Å². The standard InChI is InChI=1S/C7H8ClNO2/c8-5-2-1-4(7(10)11)3-6(5)9/h1-3,7,10-11H,9H2. The molecule has 1 rings (SSSR count). The van der Waals surface area contributed by atoms with Crippen LogP contribution in [0.2, 0.25) is 5.02 Å². The molecule has 11 heavy (non-hydrogen) atoms. The van der Waals surface area contributed by atoms with Crippen molar-refractivity contribution in [2.45, 2.75) is 6.29 Å². The summed E-state index contributed by atoms with van der Waals surface area (Å²) in [6, 6.07) is 4.45. The zero-order valence-electron chi connectivity index (χ0n) is 5.66. The number of rotatable bonds is 1. The van der Waals surface area contributed by atoms with Crippen LogP contribution >= 0.6 is 11.6 Å². The van der Waals surface area contributed by atoms with Gasteiger partial charge in [-0.05, 0) is 12.1 Å². The maximum Gasteiger partial charge on any atom is 0.178 e. The maximum absolute atomic E-state index is 8.70. The van der Waals surface area contributed by atoms with Gasteiger partial charge in [0.1, 0.15) is 0 Å². The molecule has 0 saturated heterocycles. The van der Waals surface area contributed by atoms with Crippen LogP contribution in [0.5, 0.6) is 0 Å². The van der Waals surface area contributed by atoms with Gasteiger partial charge in [-0.1, -0.05) is 17.7 Å². The lowest BCUT2D eigenvalue weighted by molar-refractivity contribution is -0.0424. The van der Waals surface area contributed by atoms with Gasteiger partial charge in [0.05, 0.1) is 10.7 Å². The molecule has 0 aliphatic carbocycles. The Morgan fingerprint density at radius 3 is 2.45 bits per heavy atom. The highest BCUT2D eigenvalue weighted by molar-refractivity contribution is 6.33. The molecule has 1 aromatic carbocycles. The number of benzene rings is 1. The number of nitrogens with two attached hydrogens (primary N) is 1. The van der Waals surface area contributed by atoms with Gasteiger partial charge in [0.15, 0.2) is 6.29 Å². The fraction of sp³-hybridized carbons (Fsp3) is 0.143. The Balaban J connectivity index is 3.05. The van der Waals surface area contributed by atoms with Gasteiger partial charge < -0.3 is 15.9 Å². The van der Waals surface area contributed by atoms with Crippen molar-refractivity contribution in [1.82, 2.24) is 0 Å². The van der Waals surface area contributed by atoms with Gasteiger partial charge in [0.2, 0.25) is 0 Å². The number of aliphatic hydroxyl groups excluding tert-OH is 1. The predicted octanol–water partition coefficient (Wildman–Crippen LogP) is 0.905. The quantitative estimate of drug-likeness (QED) is 0.437. The number of anilines is 1. The third-order valence-electron chi connectivity index (χ3n) is 1.32. The van der Waals surface area contributed by atoms with Crippen LogP contribution in [0.15, 0.2) is 18.2 Å². The summed E-state index contributed by atoms with van der Waals surface area (Å²) < 4.78 is 0. The fourth-order valence-corrected chi connectivity index (χ4v) is 0.840. The van der Waals surface area contributed by atoms with Gasteiger partial charge in [-0.25, -0.2) is 0 Å². The summed E-state index contributed by atoms with van der Waals surface area (Å²) in [5.74, 6) is 0. The lowest BCUT2D eigenvalue weighted by Crippen LogP contribution is -1.96. The second-order valence-electron chi connectivity index (χ2n) is 2.15. The summed E-state index contributed by atoms with van der Waals surface area (Å²) in [4.78, 5) is 0. The van der Waals surface area contributed by atoms with E-state index < -0.39 is 6.29 Å². The van der Waals surface area contributed by atoms with Gasteiger partial charge in [-0.15, -0.1) is 0 Å². The molecule has 0 spiro atoms.